The summed E-state index contributed by atoms with van der Waals surface area (Å²) < 4.78 is 21.5. The summed E-state index contributed by atoms with van der Waals surface area (Å²) in [7, 11) is 1.78. The summed E-state index contributed by atoms with van der Waals surface area (Å²) in [5.41, 5.74) is 4.04. The molecule has 0 atom stereocenters. The lowest BCUT2D eigenvalue weighted by Gasteiger charge is -2.15. The molecule has 2 nitrogen and oxygen atoms in total. The smallest absolute Gasteiger partial charge is 0.212 e. The first-order chi connectivity index (χ1) is 8.54. The molecule has 0 saturated heterocycles. The predicted molar refractivity (Wildman–Crippen MR) is 76.4 cm³/mol. The molecule has 0 aliphatic heterocycles. The number of benzene rings is 1. The second-order valence-electron chi connectivity index (χ2n) is 4.67. The van der Waals surface area contributed by atoms with Gasteiger partial charge in [0.15, 0.2) is 0 Å². The zero-order valence-electron chi connectivity index (χ0n) is 10.2. The highest BCUT2D eigenvalue weighted by Crippen LogP contribution is 2.22. The van der Waals surface area contributed by atoms with Gasteiger partial charge in [0.1, 0.15) is 0 Å². The Morgan fingerprint density at radius 1 is 1.17 bits per heavy atom. The van der Waals surface area contributed by atoms with Crippen LogP contribution in [0.15, 0.2) is 24.3 Å². The molecule has 0 unspecified atom stereocenters. The number of aryl methyl sites for hydroxylation is 2. The molecule has 2 rings (SSSR count). The number of allylic oxidation sites excluding steroid dienone is 1. The number of rotatable bonds is 4. The first kappa shape index (κ1) is 13.6. The number of hydrogen-bond donors (Lipinski definition) is 0. The minimum absolute atomic E-state index is 0.00397. The predicted octanol–water partition coefficient (Wildman–Crippen LogP) is 3.54. The first-order valence-corrected chi connectivity index (χ1v) is 8.73. The number of halogens is 1. The van der Waals surface area contributed by atoms with Gasteiger partial charge < -0.3 is 0 Å². The lowest BCUT2D eigenvalue weighted by Crippen LogP contribution is -2.02. The van der Waals surface area contributed by atoms with Gasteiger partial charge in [0.05, 0.1) is 5.75 Å². The molecule has 0 amide bonds. The van der Waals surface area contributed by atoms with E-state index in [0.29, 0.717) is 6.42 Å². The van der Waals surface area contributed by atoms with Gasteiger partial charge in [0, 0.05) is 10.7 Å². The van der Waals surface area contributed by atoms with Gasteiger partial charge in [-0.2, -0.15) is 0 Å². The highest BCUT2D eigenvalue weighted by Gasteiger charge is 2.08. The van der Waals surface area contributed by atoms with Crippen molar-refractivity contribution in [3.8, 4) is 0 Å². The Morgan fingerprint density at radius 3 is 2.61 bits per heavy atom. The fraction of sp³-hybridized carbons (Fsp3) is 0.429. The molecule has 0 bridgehead atoms. The summed E-state index contributed by atoms with van der Waals surface area (Å²) in [6, 6.07) is 6.49. The van der Waals surface area contributed by atoms with Crippen molar-refractivity contribution in [2.45, 2.75) is 32.1 Å². The molecule has 0 heterocycles. The molecule has 1 aromatic rings. The molecule has 98 valence electrons. The lowest BCUT2D eigenvalue weighted by molar-refractivity contribution is 0.609. The van der Waals surface area contributed by atoms with Crippen LogP contribution in [-0.4, -0.2) is 14.2 Å². The maximum Gasteiger partial charge on any atom is 0.232 e. The van der Waals surface area contributed by atoms with Crippen molar-refractivity contribution in [2.24, 2.45) is 0 Å². The molecule has 1 aromatic carbocycles. The zero-order valence-corrected chi connectivity index (χ0v) is 11.8. The second kappa shape index (κ2) is 5.89. The van der Waals surface area contributed by atoms with Crippen LogP contribution < -0.4 is 0 Å². The van der Waals surface area contributed by atoms with E-state index >= 15 is 0 Å². The lowest BCUT2D eigenvalue weighted by atomic mass is 9.90. The monoisotopic (exact) mass is 284 g/mol. The van der Waals surface area contributed by atoms with Crippen LogP contribution in [0.5, 0.6) is 0 Å². The molecule has 1 aliphatic carbocycles. The van der Waals surface area contributed by atoms with Gasteiger partial charge in [0.25, 0.3) is 0 Å². The molecule has 1 aliphatic rings. The summed E-state index contributed by atoms with van der Waals surface area (Å²) in [5, 5.41) is 0. The molecule has 0 spiro atoms. The maximum atomic E-state index is 10.8. The minimum atomic E-state index is -3.37. The van der Waals surface area contributed by atoms with E-state index < -0.39 is 9.05 Å². The SMILES string of the molecule is O=S(=O)(Cl)CC/C=C/c1ccc2c(c1)CCCC2. The summed E-state index contributed by atoms with van der Waals surface area (Å²) in [6.07, 6.45) is 9.20. The topological polar surface area (TPSA) is 34.1 Å². The Balaban J connectivity index is 1.99. The maximum absolute atomic E-state index is 10.8. The van der Waals surface area contributed by atoms with Crippen molar-refractivity contribution < 1.29 is 8.42 Å². The number of hydrogen-bond acceptors (Lipinski definition) is 2. The highest BCUT2D eigenvalue weighted by atomic mass is 35.7. The molecule has 0 radical (unpaired) electrons. The van der Waals surface area contributed by atoms with Gasteiger partial charge in [-0.1, -0.05) is 30.4 Å². The van der Waals surface area contributed by atoms with Gasteiger partial charge in [-0.15, -0.1) is 0 Å². The van der Waals surface area contributed by atoms with Crippen molar-refractivity contribution >= 4 is 25.8 Å². The van der Waals surface area contributed by atoms with E-state index in [0.717, 1.165) is 12.0 Å². The number of fused-ring (bicyclic) bond motifs is 1. The minimum Gasteiger partial charge on any atom is -0.212 e. The third-order valence-electron chi connectivity index (χ3n) is 3.21. The second-order valence-corrected chi connectivity index (χ2v) is 7.57. The normalized spacial score (nSPS) is 15.8. The van der Waals surface area contributed by atoms with Crippen molar-refractivity contribution in [3.63, 3.8) is 0 Å². The van der Waals surface area contributed by atoms with Crippen LogP contribution in [-0.2, 0) is 21.9 Å². The van der Waals surface area contributed by atoms with Gasteiger partial charge in [-0.3, -0.25) is 0 Å². The fourth-order valence-electron chi connectivity index (χ4n) is 2.29. The van der Waals surface area contributed by atoms with Crippen LogP contribution in [0.2, 0.25) is 0 Å². The van der Waals surface area contributed by atoms with Gasteiger partial charge >= 0.3 is 0 Å². The summed E-state index contributed by atoms with van der Waals surface area (Å²) in [5.74, 6) is -0.00397. The summed E-state index contributed by atoms with van der Waals surface area (Å²) in [4.78, 5) is 0. The zero-order chi connectivity index (χ0) is 13.0. The Morgan fingerprint density at radius 2 is 1.89 bits per heavy atom. The Labute approximate surface area is 113 Å². The fourth-order valence-corrected chi connectivity index (χ4v) is 2.97. The molecule has 0 saturated carbocycles. The third kappa shape index (κ3) is 4.14. The van der Waals surface area contributed by atoms with E-state index in [4.69, 9.17) is 10.7 Å². The van der Waals surface area contributed by atoms with Crippen molar-refractivity contribution in [1.82, 2.24) is 0 Å². The molecule has 0 fully saturated rings. The standard InChI is InChI=1S/C14H17ClO2S/c15-18(16,17)10-4-3-5-12-8-9-13-6-1-2-7-14(13)11-12/h3,5,8-9,11H,1-2,4,6-7,10H2/b5-3+. The van der Waals surface area contributed by atoms with Gasteiger partial charge in [0.2, 0.25) is 9.05 Å². The van der Waals surface area contributed by atoms with E-state index in [1.54, 1.807) is 0 Å². The van der Waals surface area contributed by atoms with E-state index in [-0.39, 0.29) is 5.75 Å². The highest BCUT2D eigenvalue weighted by molar-refractivity contribution is 8.13. The van der Waals surface area contributed by atoms with E-state index in [2.05, 4.69) is 18.2 Å². The molecule has 18 heavy (non-hydrogen) atoms. The molecular weight excluding hydrogens is 268 g/mol. The molecular formula is C14H17ClO2S. The largest absolute Gasteiger partial charge is 0.232 e. The van der Waals surface area contributed by atoms with Crippen molar-refractivity contribution in [3.05, 3.63) is 41.0 Å². The Hall–Kier alpha value is -0.800. The average Bonchev–Trinajstić information content (AvgIpc) is 2.33. The van der Waals surface area contributed by atoms with Crippen LogP contribution in [0.4, 0.5) is 0 Å². The van der Waals surface area contributed by atoms with Crippen LogP contribution >= 0.6 is 10.7 Å². The first-order valence-electron chi connectivity index (χ1n) is 6.25. The van der Waals surface area contributed by atoms with Gasteiger partial charge in [-0.05, 0) is 48.8 Å². The molecule has 0 N–H and O–H groups in total. The van der Waals surface area contributed by atoms with Crippen LogP contribution in [0.3, 0.4) is 0 Å². The van der Waals surface area contributed by atoms with Gasteiger partial charge in [-0.25, -0.2) is 8.42 Å². The summed E-state index contributed by atoms with van der Waals surface area (Å²) in [6.45, 7) is 0. The molecule has 4 heteroatoms. The summed E-state index contributed by atoms with van der Waals surface area (Å²) >= 11 is 0. The van der Waals surface area contributed by atoms with Crippen molar-refractivity contribution in [2.75, 3.05) is 5.75 Å². The quantitative estimate of drug-likeness (QED) is 0.793. The van der Waals surface area contributed by atoms with E-state index in [1.165, 1.54) is 30.4 Å². The third-order valence-corrected chi connectivity index (χ3v) is 4.40. The van der Waals surface area contributed by atoms with Crippen LogP contribution in [0, 0.1) is 0 Å². The Kier molecular flexibility index (Phi) is 4.46. The van der Waals surface area contributed by atoms with Crippen LogP contribution in [0.25, 0.3) is 6.08 Å². The average molecular weight is 285 g/mol. The van der Waals surface area contributed by atoms with E-state index in [1.807, 2.05) is 12.2 Å². The van der Waals surface area contributed by atoms with Crippen LogP contribution in [0.1, 0.15) is 36.0 Å². The molecule has 0 aromatic heterocycles. The Bertz CT molecular complexity index is 547. The van der Waals surface area contributed by atoms with Crippen molar-refractivity contribution in [1.29, 1.82) is 0 Å². The van der Waals surface area contributed by atoms with E-state index in [9.17, 15) is 8.42 Å².